The standard InChI is InChI=1S/C21H26N2O2S/c1-3-12-23(21(24)17-6-4-5-7-17)13-18-15-26-20(22-18)14-25-19-10-8-16(2)9-11-19/h3,8-11,15,17H,1,4-7,12-14H2,2H3. The van der Waals surface area contributed by atoms with Gasteiger partial charge in [0, 0.05) is 17.8 Å². The number of aryl methyl sites for hydroxylation is 1. The van der Waals surface area contributed by atoms with Gasteiger partial charge in [-0.1, -0.05) is 36.6 Å². The van der Waals surface area contributed by atoms with Crippen LogP contribution in [0.15, 0.2) is 42.3 Å². The van der Waals surface area contributed by atoms with E-state index in [1.54, 1.807) is 17.4 Å². The van der Waals surface area contributed by atoms with E-state index in [2.05, 4.69) is 18.5 Å². The first-order valence-corrected chi connectivity index (χ1v) is 10.1. The molecule has 0 saturated heterocycles. The Hall–Kier alpha value is -2.14. The van der Waals surface area contributed by atoms with Crippen LogP contribution < -0.4 is 4.74 Å². The normalized spacial score (nSPS) is 14.3. The third-order valence-electron chi connectivity index (χ3n) is 4.70. The van der Waals surface area contributed by atoms with E-state index in [0.29, 0.717) is 19.7 Å². The average molecular weight is 371 g/mol. The summed E-state index contributed by atoms with van der Waals surface area (Å²) in [5, 5.41) is 2.94. The van der Waals surface area contributed by atoms with Gasteiger partial charge >= 0.3 is 0 Å². The first-order valence-electron chi connectivity index (χ1n) is 9.18. The van der Waals surface area contributed by atoms with Crippen molar-refractivity contribution in [2.75, 3.05) is 6.54 Å². The minimum absolute atomic E-state index is 0.179. The molecule has 0 spiro atoms. The highest BCUT2D eigenvalue weighted by atomic mass is 32.1. The van der Waals surface area contributed by atoms with Crippen LogP contribution in [0, 0.1) is 12.8 Å². The summed E-state index contributed by atoms with van der Waals surface area (Å²) in [5.41, 5.74) is 2.13. The summed E-state index contributed by atoms with van der Waals surface area (Å²) in [6.45, 7) is 7.41. The van der Waals surface area contributed by atoms with Crippen molar-refractivity contribution >= 4 is 17.2 Å². The third-order valence-corrected chi connectivity index (χ3v) is 5.57. The summed E-state index contributed by atoms with van der Waals surface area (Å²) in [6, 6.07) is 8.00. The van der Waals surface area contributed by atoms with E-state index in [4.69, 9.17) is 4.74 Å². The van der Waals surface area contributed by atoms with E-state index in [-0.39, 0.29) is 11.8 Å². The number of nitrogens with zero attached hydrogens (tertiary/aromatic N) is 2. The Morgan fingerprint density at radius 3 is 2.77 bits per heavy atom. The van der Waals surface area contributed by atoms with E-state index in [9.17, 15) is 4.79 Å². The van der Waals surface area contributed by atoms with Crippen LogP contribution in [0.4, 0.5) is 0 Å². The van der Waals surface area contributed by atoms with Crippen LogP contribution in [0.3, 0.4) is 0 Å². The highest BCUT2D eigenvalue weighted by Gasteiger charge is 2.27. The number of benzene rings is 1. The molecule has 1 heterocycles. The van der Waals surface area contributed by atoms with Gasteiger partial charge in [0.2, 0.25) is 5.91 Å². The number of ether oxygens (including phenoxy) is 1. The Morgan fingerprint density at radius 1 is 1.35 bits per heavy atom. The number of thiazole rings is 1. The van der Waals surface area contributed by atoms with Gasteiger partial charge in [-0.2, -0.15) is 0 Å². The predicted octanol–water partition coefficient (Wildman–Crippen LogP) is 4.74. The van der Waals surface area contributed by atoms with Gasteiger partial charge in [-0.3, -0.25) is 4.79 Å². The molecule has 0 radical (unpaired) electrons. The molecule has 1 aromatic heterocycles. The maximum atomic E-state index is 12.7. The van der Waals surface area contributed by atoms with Crippen LogP contribution in [0.25, 0.3) is 0 Å². The van der Waals surface area contributed by atoms with Gasteiger partial charge in [0.1, 0.15) is 17.4 Å². The molecule has 4 nitrogen and oxygen atoms in total. The number of carbonyl (C=O) groups is 1. The van der Waals surface area contributed by atoms with Gasteiger partial charge in [0.15, 0.2) is 0 Å². The van der Waals surface area contributed by atoms with Crippen LogP contribution in [0.5, 0.6) is 5.75 Å². The topological polar surface area (TPSA) is 42.4 Å². The lowest BCUT2D eigenvalue weighted by molar-refractivity contribution is -0.135. The number of rotatable bonds is 8. The van der Waals surface area contributed by atoms with Crippen molar-refractivity contribution in [3.8, 4) is 5.75 Å². The van der Waals surface area contributed by atoms with Gasteiger partial charge < -0.3 is 9.64 Å². The molecule has 0 atom stereocenters. The number of aromatic nitrogens is 1. The number of hydrogen-bond acceptors (Lipinski definition) is 4. The zero-order valence-corrected chi connectivity index (χ0v) is 16.1. The molecule has 1 aromatic carbocycles. The molecule has 5 heteroatoms. The molecular formula is C21H26N2O2S. The summed E-state index contributed by atoms with van der Waals surface area (Å²) in [5.74, 6) is 1.27. The lowest BCUT2D eigenvalue weighted by atomic mass is 10.1. The second-order valence-corrected chi connectivity index (χ2v) is 7.77. The van der Waals surface area contributed by atoms with Crippen LogP contribution >= 0.6 is 11.3 Å². The van der Waals surface area contributed by atoms with E-state index < -0.39 is 0 Å². The third kappa shape index (κ3) is 4.94. The monoisotopic (exact) mass is 370 g/mol. The second-order valence-electron chi connectivity index (χ2n) is 6.82. The fraction of sp³-hybridized carbons (Fsp3) is 0.429. The molecule has 1 fully saturated rings. The fourth-order valence-electron chi connectivity index (χ4n) is 3.28. The van der Waals surface area contributed by atoms with Crippen molar-refractivity contribution in [3.63, 3.8) is 0 Å². The molecule has 0 N–H and O–H groups in total. The van der Waals surface area contributed by atoms with Crippen LogP contribution in [-0.4, -0.2) is 22.3 Å². The average Bonchev–Trinajstić information content (AvgIpc) is 3.32. The van der Waals surface area contributed by atoms with E-state index in [0.717, 1.165) is 42.1 Å². The minimum atomic E-state index is 0.179. The van der Waals surface area contributed by atoms with E-state index >= 15 is 0 Å². The second kappa shape index (κ2) is 8.99. The number of hydrogen-bond donors (Lipinski definition) is 0. The summed E-state index contributed by atoms with van der Waals surface area (Å²) in [4.78, 5) is 19.2. The van der Waals surface area contributed by atoms with Gasteiger partial charge in [-0.25, -0.2) is 4.98 Å². The molecule has 26 heavy (non-hydrogen) atoms. The molecule has 138 valence electrons. The van der Waals surface area contributed by atoms with Gasteiger partial charge in [-0.05, 0) is 31.9 Å². The molecule has 1 aliphatic rings. The van der Waals surface area contributed by atoms with Crippen LogP contribution in [-0.2, 0) is 17.9 Å². The molecule has 3 rings (SSSR count). The zero-order chi connectivity index (χ0) is 18.4. The Kier molecular flexibility index (Phi) is 6.45. The molecule has 1 saturated carbocycles. The summed E-state index contributed by atoms with van der Waals surface area (Å²) >= 11 is 1.58. The first-order chi connectivity index (χ1) is 12.7. The Labute approximate surface area is 159 Å². The molecule has 1 amide bonds. The largest absolute Gasteiger partial charge is 0.486 e. The van der Waals surface area contributed by atoms with E-state index in [1.807, 2.05) is 34.5 Å². The van der Waals surface area contributed by atoms with Gasteiger partial charge in [-0.15, -0.1) is 17.9 Å². The Bertz CT molecular complexity index is 733. The molecule has 1 aliphatic carbocycles. The Balaban J connectivity index is 1.57. The van der Waals surface area contributed by atoms with Gasteiger partial charge in [0.25, 0.3) is 0 Å². The van der Waals surface area contributed by atoms with Crippen molar-refractivity contribution in [1.82, 2.24) is 9.88 Å². The molecule has 2 aromatic rings. The summed E-state index contributed by atoms with van der Waals surface area (Å²) < 4.78 is 5.79. The molecule has 0 unspecified atom stereocenters. The molecule has 0 aliphatic heterocycles. The smallest absolute Gasteiger partial charge is 0.226 e. The summed E-state index contributed by atoms with van der Waals surface area (Å²) in [6.07, 6.45) is 6.14. The molecule has 0 bridgehead atoms. The van der Waals surface area contributed by atoms with Crippen molar-refractivity contribution in [3.05, 3.63) is 58.6 Å². The minimum Gasteiger partial charge on any atom is -0.486 e. The zero-order valence-electron chi connectivity index (χ0n) is 15.3. The van der Waals surface area contributed by atoms with Crippen molar-refractivity contribution in [1.29, 1.82) is 0 Å². The van der Waals surface area contributed by atoms with Gasteiger partial charge in [0.05, 0.1) is 12.2 Å². The van der Waals surface area contributed by atoms with Crippen molar-refractivity contribution in [2.24, 2.45) is 5.92 Å². The number of amides is 1. The lowest BCUT2D eigenvalue weighted by Crippen LogP contribution is -2.35. The Morgan fingerprint density at radius 2 is 2.08 bits per heavy atom. The maximum absolute atomic E-state index is 12.7. The van der Waals surface area contributed by atoms with Crippen molar-refractivity contribution < 1.29 is 9.53 Å². The highest BCUT2D eigenvalue weighted by Crippen LogP contribution is 2.27. The predicted molar refractivity (Wildman–Crippen MR) is 105 cm³/mol. The number of carbonyl (C=O) groups excluding carboxylic acids is 1. The SMILES string of the molecule is C=CCN(Cc1csc(COc2ccc(C)cc2)n1)C(=O)C1CCCC1. The summed E-state index contributed by atoms with van der Waals surface area (Å²) in [7, 11) is 0. The lowest BCUT2D eigenvalue weighted by Gasteiger charge is -2.23. The maximum Gasteiger partial charge on any atom is 0.226 e. The first kappa shape index (κ1) is 18.6. The van der Waals surface area contributed by atoms with Crippen molar-refractivity contribution in [2.45, 2.75) is 45.8 Å². The highest BCUT2D eigenvalue weighted by molar-refractivity contribution is 7.09. The van der Waals surface area contributed by atoms with Crippen LogP contribution in [0.1, 0.15) is 41.9 Å². The molecular weight excluding hydrogens is 344 g/mol. The van der Waals surface area contributed by atoms with E-state index in [1.165, 1.54) is 5.56 Å². The fourth-order valence-corrected chi connectivity index (χ4v) is 3.98. The quantitative estimate of drug-likeness (QED) is 0.631. The van der Waals surface area contributed by atoms with Crippen LogP contribution in [0.2, 0.25) is 0 Å².